The minimum Gasteiger partial charge on any atom is -0.489 e. The highest BCUT2D eigenvalue weighted by Crippen LogP contribution is 2.46. The summed E-state index contributed by atoms with van der Waals surface area (Å²) in [6.07, 6.45) is 0. The molecule has 5 nitrogen and oxygen atoms in total. The lowest BCUT2D eigenvalue weighted by Crippen LogP contribution is -2.20. The standard InChI is InChI=1S/C24H21Br3N2O3S/c1-28(2)12-13-32-24-18-14-17(25)15-20(27)23(18)29(22(24)16-8-4-3-5-9-16)33(30,31)21-11-7-6-10-19(21)26/h3-11,14-15H,12-13H2,1-2H3. The number of rotatable bonds is 7. The van der Waals surface area contributed by atoms with Crippen LogP contribution in [0.25, 0.3) is 22.2 Å². The molecule has 4 aromatic rings. The van der Waals surface area contributed by atoms with Gasteiger partial charge in [0.1, 0.15) is 17.2 Å². The molecule has 0 N–H and O–H groups in total. The molecule has 33 heavy (non-hydrogen) atoms. The summed E-state index contributed by atoms with van der Waals surface area (Å²) in [5.74, 6) is 0.524. The van der Waals surface area contributed by atoms with Gasteiger partial charge in [-0.15, -0.1) is 0 Å². The molecule has 0 radical (unpaired) electrons. The van der Waals surface area contributed by atoms with Crippen molar-refractivity contribution >= 4 is 68.7 Å². The van der Waals surface area contributed by atoms with Crippen molar-refractivity contribution in [2.24, 2.45) is 0 Å². The summed E-state index contributed by atoms with van der Waals surface area (Å²) in [5.41, 5.74) is 1.75. The third kappa shape index (κ3) is 4.79. The number of benzene rings is 3. The summed E-state index contributed by atoms with van der Waals surface area (Å²) in [6.45, 7) is 1.10. The highest BCUT2D eigenvalue weighted by atomic mass is 79.9. The topological polar surface area (TPSA) is 51.5 Å². The fraction of sp³-hybridized carbons (Fsp3) is 0.167. The van der Waals surface area contributed by atoms with Gasteiger partial charge in [-0.3, -0.25) is 0 Å². The molecular weight excluding hydrogens is 636 g/mol. The van der Waals surface area contributed by atoms with Gasteiger partial charge in [0.25, 0.3) is 10.0 Å². The highest BCUT2D eigenvalue weighted by Gasteiger charge is 2.31. The SMILES string of the molecule is CN(C)CCOc1c(-c2ccccc2)n(S(=O)(=O)c2ccccc2Br)c2c(Br)cc(Br)cc12. The Morgan fingerprint density at radius 3 is 2.24 bits per heavy atom. The van der Waals surface area contributed by atoms with Crippen LogP contribution in [0.3, 0.4) is 0 Å². The second-order valence-electron chi connectivity index (χ2n) is 7.68. The van der Waals surface area contributed by atoms with Crippen LogP contribution in [0.1, 0.15) is 0 Å². The number of fused-ring (bicyclic) bond motifs is 1. The van der Waals surface area contributed by atoms with Crippen molar-refractivity contribution < 1.29 is 13.2 Å². The Morgan fingerprint density at radius 1 is 0.909 bits per heavy atom. The van der Waals surface area contributed by atoms with Crippen molar-refractivity contribution in [1.82, 2.24) is 8.87 Å². The van der Waals surface area contributed by atoms with Gasteiger partial charge >= 0.3 is 0 Å². The van der Waals surface area contributed by atoms with Crippen LogP contribution >= 0.6 is 47.8 Å². The summed E-state index contributed by atoms with van der Waals surface area (Å²) < 4.78 is 37.9. The van der Waals surface area contributed by atoms with Crippen LogP contribution in [0.5, 0.6) is 5.75 Å². The first-order valence-corrected chi connectivity index (χ1v) is 13.9. The zero-order chi connectivity index (χ0) is 23.8. The van der Waals surface area contributed by atoms with E-state index in [9.17, 15) is 8.42 Å². The van der Waals surface area contributed by atoms with Crippen LogP contribution in [0.2, 0.25) is 0 Å². The zero-order valence-corrected chi connectivity index (χ0v) is 23.5. The molecule has 3 aromatic carbocycles. The minimum absolute atomic E-state index is 0.175. The van der Waals surface area contributed by atoms with E-state index in [1.807, 2.05) is 61.5 Å². The summed E-state index contributed by atoms with van der Waals surface area (Å²) >= 11 is 10.6. The molecule has 0 aliphatic carbocycles. The van der Waals surface area contributed by atoms with Crippen LogP contribution in [-0.2, 0) is 10.0 Å². The van der Waals surface area contributed by atoms with Gasteiger partial charge in [-0.25, -0.2) is 12.4 Å². The summed E-state index contributed by atoms with van der Waals surface area (Å²) in [6, 6.07) is 20.0. The van der Waals surface area contributed by atoms with Gasteiger partial charge in [0.2, 0.25) is 0 Å². The lowest BCUT2D eigenvalue weighted by Gasteiger charge is -2.15. The predicted molar refractivity (Wildman–Crippen MR) is 144 cm³/mol. The lowest BCUT2D eigenvalue weighted by atomic mass is 10.1. The van der Waals surface area contributed by atoms with E-state index < -0.39 is 10.0 Å². The van der Waals surface area contributed by atoms with Crippen LogP contribution in [0, 0.1) is 0 Å². The molecule has 172 valence electrons. The molecule has 1 heterocycles. The second kappa shape index (κ2) is 9.92. The van der Waals surface area contributed by atoms with Crippen molar-refractivity contribution in [3.8, 4) is 17.0 Å². The summed E-state index contributed by atoms with van der Waals surface area (Å²) in [4.78, 5) is 2.19. The highest BCUT2D eigenvalue weighted by molar-refractivity contribution is 9.11. The van der Waals surface area contributed by atoms with E-state index in [2.05, 4.69) is 47.8 Å². The Bertz CT molecular complexity index is 1420. The molecule has 0 amide bonds. The maximum absolute atomic E-state index is 14.1. The van der Waals surface area contributed by atoms with Gasteiger partial charge in [-0.2, -0.15) is 0 Å². The van der Waals surface area contributed by atoms with Gasteiger partial charge in [0.05, 0.1) is 5.52 Å². The van der Waals surface area contributed by atoms with Crippen LogP contribution in [-0.4, -0.2) is 44.5 Å². The van der Waals surface area contributed by atoms with Crippen molar-refractivity contribution in [3.63, 3.8) is 0 Å². The molecule has 4 rings (SSSR count). The van der Waals surface area contributed by atoms with Gasteiger partial charge in [0.15, 0.2) is 5.75 Å². The number of nitrogens with zero attached hydrogens (tertiary/aromatic N) is 2. The van der Waals surface area contributed by atoms with Gasteiger partial charge < -0.3 is 9.64 Å². The molecule has 0 saturated heterocycles. The van der Waals surface area contributed by atoms with E-state index in [0.29, 0.717) is 44.4 Å². The first-order chi connectivity index (χ1) is 15.7. The second-order valence-corrected chi connectivity index (χ2v) is 12.1. The number of halogens is 3. The quantitative estimate of drug-likeness (QED) is 0.220. The maximum atomic E-state index is 14.1. The van der Waals surface area contributed by atoms with E-state index in [4.69, 9.17) is 4.74 Å². The number of hydrogen-bond acceptors (Lipinski definition) is 4. The first kappa shape index (κ1) is 24.5. The van der Waals surface area contributed by atoms with E-state index in [0.717, 1.165) is 10.0 Å². The molecule has 0 spiro atoms. The smallest absolute Gasteiger partial charge is 0.270 e. The average molecular weight is 657 g/mol. The fourth-order valence-electron chi connectivity index (χ4n) is 3.59. The fourth-order valence-corrected chi connectivity index (χ4v) is 7.64. The largest absolute Gasteiger partial charge is 0.489 e. The molecule has 0 bridgehead atoms. The Labute approximate surface area is 218 Å². The van der Waals surface area contributed by atoms with Gasteiger partial charge in [-0.1, -0.05) is 58.4 Å². The van der Waals surface area contributed by atoms with Crippen molar-refractivity contribution in [1.29, 1.82) is 0 Å². The summed E-state index contributed by atoms with van der Waals surface area (Å²) in [7, 11) is -0.0617. The molecule has 0 atom stereocenters. The van der Waals surface area contributed by atoms with E-state index in [-0.39, 0.29) is 4.90 Å². The molecule has 1 aromatic heterocycles. The van der Waals surface area contributed by atoms with Crippen molar-refractivity contribution in [2.45, 2.75) is 4.90 Å². The monoisotopic (exact) mass is 654 g/mol. The van der Waals surface area contributed by atoms with Crippen molar-refractivity contribution in [3.05, 3.63) is 80.1 Å². The summed E-state index contributed by atoms with van der Waals surface area (Å²) in [5, 5.41) is 0.699. The first-order valence-electron chi connectivity index (χ1n) is 10.1. The van der Waals surface area contributed by atoms with E-state index in [1.165, 1.54) is 3.97 Å². The van der Waals surface area contributed by atoms with E-state index in [1.54, 1.807) is 24.3 Å². The molecule has 0 fully saturated rings. The molecule has 0 unspecified atom stereocenters. The average Bonchev–Trinajstić information content (AvgIpc) is 3.09. The lowest BCUT2D eigenvalue weighted by molar-refractivity contribution is 0.264. The van der Waals surface area contributed by atoms with Crippen LogP contribution in [0.4, 0.5) is 0 Å². The number of aromatic nitrogens is 1. The molecule has 0 aliphatic heterocycles. The van der Waals surface area contributed by atoms with E-state index >= 15 is 0 Å². The number of hydrogen-bond donors (Lipinski definition) is 0. The Kier molecular flexibility index (Phi) is 7.35. The third-order valence-corrected chi connectivity index (χ3v) is 8.86. The Morgan fingerprint density at radius 2 is 1.58 bits per heavy atom. The van der Waals surface area contributed by atoms with Crippen LogP contribution < -0.4 is 4.74 Å². The third-order valence-electron chi connectivity index (χ3n) is 5.08. The Balaban J connectivity index is 2.12. The van der Waals surface area contributed by atoms with Gasteiger partial charge in [0, 0.05) is 30.9 Å². The normalized spacial score (nSPS) is 11.9. The Hall–Kier alpha value is -1.65. The maximum Gasteiger partial charge on any atom is 0.270 e. The van der Waals surface area contributed by atoms with Crippen molar-refractivity contribution in [2.75, 3.05) is 27.2 Å². The minimum atomic E-state index is -4.00. The number of ether oxygens (including phenoxy) is 1. The molecular formula is C24H21Br3N2O3S. The molecule has 0 aliphatic rings. The van der Waals surface area contributed by atoms with Crippen LogP contribution in [0.15, 0.2) is 85.0 Å². The predicted octanol–water partition coefficient (Wildman–Crippen LogP) is 6.77. The number of likely N-dealkylation sites (N-methyl/N-ethyl adjacent to an activating group) is 1. The molecule has 9 heteroatoms. The molecule has 0 saturated carbocycles. The zero-order valence-electron chi connectivity index (χ0n) is 17.9. The van der Waals surface area contributed by atoms with Gasteiger partial charge in [-0.05, 0) is 70.2 Å².